The molecule has 1 aliphatic heterocycles. The van der Waals surface area contributed by atoms with E-state index in [0.717, 1.165) is 0 Å². The highest BCUT2D eigenvalue weighted by Gasteiger charge is 2.20. The summed E-state index contributed by atoms with van der Waals surface area (Å²) in [5, 5.41) is 0. The number of hydrogen-bond acceptors (Lipinski definition) is 1. The van der Waals surface area contributed by atoms with Crippen molar-refractivity contribution in [2.45, 2.75) is 19.3 Å². The van der Waals surface area contributed by atoms with Gasteiger partial charge in [0.05, 0.1) is 0 Å². The molecule has 1 aromatic rings. The minimum Gasteiger partial charge on any atom is -0.371 e. The van der Waals surface area contributed by atoms with E-state index in [1.165, 1.54) is 49.2 Å². The predicted molar refractivity (Wildman–Crippen MR) is 63.2 cm³/mol. The molecule has 1 aromatic carbocycles. The van der Waals surface area contributed by atoms with Gasteiger partial charge < -0.3 is 4.90 Å². The Morgan fingerprint density at radius 2 is 1.73 bits per heavy atom. The Morgan fingerprint density at radius 3 is 2.60 bits per heavy atom. The zero-order chi connectivity index (χ0) is 10.1. The standard InChI is InChI=1S/C14H16N/c1-4-10-15(11-5-1)14-9-8-12-6-2-3-7-13(12)14/h2-3,6-9H,1,4-5,10-11H2. The average Bonchev–Trinajstić information content (AvgIpc) is 2.74. The van der Waals surface area contributed by atoms with Gasteiger partial charge in [-0.1, -0.05) is 30.3 Å². The molecule has 1 nitrogen and oxygen atoms in total. The molecule has 1 heteroatoms. The average molecular weight is 198 g/mol. The van der Waals surface area contributed by atoms with Crippen molar-refractivity contribution in [2.24, 2.45) is 0 Å². The lowest BCUT2D eigenvalue weighted by Gasteiger charge is -2.30. The fraction of sp³-hybridized carbons (Fsp3) is 0.357. The highest BCUT2D eigenvalue weighted by Crippen LogP contribution is 2.32. The van der Waals surface area contributed by atoms with E-state index in [4.69, 9.17) is 0 Å². The lowest BCUT2D eigenvalue weighted by atomic mass is 10.1. The molecule has 0 unspecified atom stereocenters. The van der Waals surface area contributed by atoms with E-state index in [9.17, 15) is 0 Å². The number of fused-ring (bicyclic) bond motifs is 1. The van der Waals surface area contributed by atoms with Gasteiger partial charge in [0.25, 0.3) is 0 Å². The van der Waals surface area contributed by atoms with E-state index >= 15 is 0 Å². The molecule has 0 atom stereocenters. The largest absolute Gasteiger partial charge is 0.371 e. The first-order chi connectivity index (χ1) is 7.45. The molecular weight excluding hydrogens is 182 g/mol. The predicted octanol–water partition coefficient (Wildman–Crippen LogP) is 3.08. The van der Waals surface area contributed by atoms with Crippen LogP contribution in [0.1, 0.15) is 30.4 Å². The van der Waals surface area contributed by atoms with Crippen LogP contribution in [0.2, 0.25) is 0 Å². The number of rotatable bonds is 1. The molecule has 15 heavy (non-hydrogen) atoms. The normalized spacial score (nSPS) is 20.0. The van der Waals surface area contributed by atoms with Crippen molar-refractivity contribution in [1.82, 2.24) is 4.90 Å². The third-order valence-electron chi connectivity index (χ3n) is 3.35. The Balaban J connectivity index is 1.89. The second kappa shape index (κ2) is 3.73. The van der Waals surface area contributed by atoms with Gasteiger partial charge in [0.1, 0.15) is 0 Å². The molecule has 1 aliphatic carbocycles. The van der Waals surface area contributed by atoms with E-state index in [2.05, 4.69) is 41.7 Å². The van der Waals surface area contributed by atoms with Crippen molar-refractivity contribution in [2.75, 3.05) is 13.1 Å². The van der Waals surface area contributed by atoms with E-state index in [0.29, 0.717) is 0 Å². The Labute approximate surface area is 91.4 Å². The zero-order valence-corrected chi connectivity index (χ0v) is 8.95. The summed E-state index contributed by atoms with van der Waals surface area (Å²) >= 11 is 0. The molecule has 2 aliphatic rings. The summed E-state index contributed by atoms with van der Waals surface area (Å²) in [6.07, 6.45) is 8.60. The van der Waals surface area contributed by atoms with Gasteiger partial charge in [-0.25, -0.2) is 0 Å². The zero-order valence-electron chi connectivity index (χ0n) is 8.95. The number of benzene rings is 1. The first kappa shape index (κ1) is 9.02. The summed E-state index contributed by atoms with van der Waals surface area (Å²) in [5.41, 5.74) is 4.22. The van der Waals surface area contributed by atoms with Crippen LogP contribution >= 0.6 is 0 Å². The lowest BCUT2D eigenvalue weighted by molar-refractivity contribution is 0.326. The van der Waals surface area contributed by atoms with Gasteiger partial charge in [0.15, 0.2) is 0 Å². The summed E-state index contributed by atoms with van der Waals surface area (Å²) in [6.45, 7) is 2.46. The summed E-state index contributed by atoms with van der Waals surface area (Å²) in [7, 11) is 0. The Hall–Kier alpha value is -1.24. The Morgan fingerprint density at radius 1 is 0.933 bits per heavy atom. The van der Waals surface area contributed by atoms with Gasteiger partial charge in [0, 0.05) is 30.8 Å². The molecule has 77 valence electrons. The maximum atomic E-state index is 2.53. The molecule has 1 heterocycles. The van der Waals surface area contributed by atoms with Gasteiger partial charge in [0.2, 0.25) is 0 Å². The topological polar surface area (TPSA) is 3.24 Å². The van der Waals surface area contributed by atoms with E-state index in [1.54, 1.807) is 0 Å². The number of hydrogen-bond donors (Lipinski definition) is 0. The van der Waals surface area contributed by atoms with Crippen molar-refractivity contribution in [3.63, 3.8) is 0 Å². The Kier molecular flexibility index (Phi) is 2.24. The van der Waals surface area contributed by atoms with Crippen LogP contribution in [0, 0.1) is 6.42 Å². The van der Waals surface area contributed by atoms with E-state index < -0.39 is 0 Å². The molecule has 0 bridgehead atoms. The minimum absolute atomic E-state index is 1.23. The number of piperidine rings is 1. The van der Waals surface area contributed by atoms with Gasteiger partial charge in [-0.15, -0.1) is 0 Å². The van der Waals surface area contributed by atoms with Crippen molar-refractivity contribution < 1.29 is 0 Å². The maximum Gasteiger partial charge on any atom is 0.0408 e. The second-order valence-electron chi connectivity index (χ2n) is 4.35. The number of allylic oxidation sites excluding steroid dienone is 1. The van der Waals surface area contributed by atoms with E-state index in [1.807, 2.05) is 0 Å². The smallest absolute Gasteiger partial charge is 0.0408 e. The third kappa shape index (κ3) is 1.56. The van der Waals surface area contributed by atoms with Crippen LogP contribution in [0.15, 0.2) is 30.3 Å². The van der Waals surface area contributed by atoms with Crippen molar-refractivity contribution in [1.29, 1.82) is 0 Å². The molecule has 0 saturated carbocycles. The second-order valence-corrected chi connectivity index (χ2v) is 4.35. The molecule has 1 radical (unpaired) electrons. The minimum atomic E-state index is 1.23. The first-order valence-electron chi connectivity index (χ1n) is 5.84. The van der Waals surface area contributed by atoms with E-state index in [-0.39, 0.29) is 0 Å². The summed E-state index contributed by atoms with van der Waals surface area (Å²) in [4.78, 5) is 2.53. The molecule has 0 amide bonds. The molecule has 3 rings (SSSR count). The van der Waals surface area contributed by atoms with Crippen LogP contribution in [-0.2, 0) is 0 Å². The quantitative estimate of drug-likeness (QED) is 0.670. The maximum absolute atomic E-state index is 2.53. The Bertz CT molecular complexity index is 386. The SMILES string of the molecule is [CH]1C=C(N2CCCCC2)c2ccccc21. The first-order valence-corrected chi connectivity index (χ1v) is 5.84. The summed E-state index contributed by atoms with van der Waals surface area (Å²) < 4.78 is 0. The highest BCUT2D eigenvalue weighted by atomic mass is 15.1. The third-order valence-corrected chi connectivity index (χ3v) is 3.35. The highest BCUT2D eigenvalue weighted by molar-refractivity contribution is 5.75. The van der Waals surface area contributed by atoms with Crippen molar-refractivity contribution in [3.8, 4) is 0 Å². The molecule has 0 N–H and O–H groups in total. The summed E-state index contributed by atoms with van der Waals surface area (Å²) in [6, 6.07) is 8.68. The van der Waals surface area contributed by atoms with Gasteiger partial charge in [-0.05, 0) is 24.8 Å². The van der Waals surface area contributed by atoms with Gasteiger partial charge in [-0.3, -0.25) is 0 Å². The monoisotopic (exact) mass is 198 g/mol. The van der Waals surface area contributed by atoms with Crippen LogP contribution in [0.5, 0.6) is 0 Å². The van der Waals surface area contributed by atoms with Crippen molar-refractivity contribution >= 4 is 5.70 Å². The number of likely N-dealkylation sites (tertiary alicyclic amines) is 1. The fourth-order valence-electron chi connectivity index (χ4n) is 2.54. The fourth-order valence-corrected chi connectivity index (χ4v) is 2.54. The molecule has 0 spiro atoms. The number of nitrogens with zero attached hydrogens (tertiary/aromatic N) is 1. The van der Waals surface area contributed by atoms with Gasteiger partial charge in [-0.2, -0.15) is 0 Å². The van der Waals surface area contributed by atoms with Crippen LogP contribution in [0.25, 0.3) is 5.70 Å². The summed E-state index contributed by atoms with van der Waals surface area (Å²) in [5.74, 6) is 0. The van der Waals surface area contributed by atoms with Crippen LogP contribution in [0.3, 0.4) is 0 Å². The van der Waals surface area contributed by atoms with Crippen molar-refractivity contribution in [3.05, 3.63) is 47.9 Å². The van der Waals surface area contributed by atoms with Crippen LogP contribution in [-0.4, -0.2) is 18.0 Å². The molecule has 1 fully saturated rings. The van der Waals surface area contributed by atoms with Gasteiger partial charge >= 0.3 is 0 Å². The lowest BCUT2D eigenvalue weighted by Crippen LogP contribution is -2.27. The van der Waals surface area contributed by atoms with Crippen LogP contribution < -0.4 is 0 Å². The van der Waals surface area contributed by atoms with Crippen LogP contribution in [0.4, 0.5) is 0 Å². The molecule has 0 aromatic heterocycles. The molecule has 1 saturated heterocycles. The molecular formula is C14H16N.